The number of carboxylic acid groups (broad SMARTS) is 1. The number of nitrogens with zero attached hydrogens (tertiary/aromatic N) is 3. The maximum absolute atomic E-state index is 11.8. The van der Waals surface area contributed by atoms with Crippen LogP contribution in [0, 0.1) is 5.92 Å². The minimum Gasteiger partial charge on any atom is -0.481 e. The minimum atomic E-state index is -1.02. The summed E-state index contributed by atoms with van der Waals surface area (Å²) >= 11 is 0. The second kappa shape index (κ2) is 6.78. The summed E-state index contributed by atoms with van der Waals surface area (Å²) in [7, 11) is 0. The molecule has 0 aliphatic heterocycles. The van der Waals surface area contributed by atoms with Crippen LogP contribution in [0.25, 0.3) is 0 Å². The molecule has 0 spiro atoms. The Bertz CT molecular complexity index is 509. The zero-order valence-electron chi connectivity index (χ0n) is 11.7. The summed E-state index contributed by atoms with van der Waals surface area (Å²) in [6.45, 7) is 4.99. The molecule has 0 fully saturated rings. The molecule has 0 bridgehead atoms. The number of rotatable bonds is 7. The molecule has 0 saturated heterocycles. The van der Waals surface area contributed by atoms with Crippen LogP contribution in [0.1, 0.15) is 26.5 Å². The molecule has 8 heteroatoms. The topological polar surface area (TPSA) is 114 Å². The number of carbonyl (C=O) groups is 3. The number of hydrogen-bond acceptors (Lipinski definition) is 5. The third-order valence-corrected chi connectivity index (χ3v) is 2.65. The molecule has 0 aliphatic rings. The van der Waals surface area contributed by atoms with Crippen molar-refractivity contribution in [3.63, 3.8) is 0 Å². The van der Waals surface area contributed by atoms with E-state index in [1.54, 1.807) is 0 Å². The predicted molar refractivity (Wildman–Crippen MR) is 68.8 cm³/mol. The maximum Gasteiger partial charge on any atom is 0.309 e. The molecule has 0 radical (unpaired) electrons. The number of amides is 1. The molecule has 1 unspecified atom stereocenters. The summed E-state index contributed by atoms with van der Waals surface area (Å²) in [4.78, 5) is 33.7. The van der Waals surface area contributed by atoms with E-state index < -0.39 is 12.0 Å². The van der Waals surface area contributed by atoms with Crippen LogP contribution in [0.2, 0.25) is 0 Å². The van der Waals surface area contributed by atoms with Gasteiger partial charge in [0, 0.05) is 6.20 Å². The highest BCUT2D eigenvalue weighted by Crippen LogP contribution is 2.03. The lowest BCUT2D eigenvalue weighted by Crippen LogP contribution is -2.44. The van der Waals surface area contributed by atoms with E-state index in [1.165, 1.54) is 17.8 Å². The fraction of sp³-hybridized carbons (Fsp3) is 0.583. The second-order valence-electron chi connectivity index (χ2n) is 4.88. The first-order valence-electron chi connectivity index (χ1n) is 6.20. The van der Waals surface area contributed by atoms with Gasteiger partial charge in [-0.2, -0.15) is 0 Å². The first-order valence-corrected chi connectivity index (χ1v) is 6.20. The quantitative estimate of drug-likeness (QED) is 0.705. The van der Waals surface area contributed by atoms with Crippen LogP contribution in [0.4, 0.5) is 0 Å². The van der Waals surface area contributed by atoms with E-state index >= 15 is 0 Å². The minimum absolute atomic E-state index is 0.00484. The normalized spacial score (nSPS) is 12.2. The maximum atomic E-state index is 11.8. The standard InChI is InChI=1S/C12H18N4O4/c1-7(2)12(8(3)17)13-10(18)6-16-5-9(14-15-16)4-11(19)20/h5,7,12H,4,6H2,1-3H3,(H,13,18)(H,19,20). The number of carboxylic acids is 1. The van der Waals surface area contributed by atoms with E-state index in [-0.39, 0.29) is 36.3 Å². The largest absolute Gasteiger partial charge is 0.481 e. The molecule has 1 aromatic rings. The van der Waals surface area contributed by atoms with E-state index in [9.17, 15) is 14.4 Å². The number of aliphatic carboxylic acids is 1. The lowest BCUT2D eigenvalue weighted by atomic mass is 10.0. The lowest BCUT2D eigenvalue weighted by Gasteiger charge is -2.19. The van der Waals surface area contributed by atoms with Crippen LogP contribution in [-0.2, 0) is 27.3 Å². The zero-order valence-corrected chi connectivity index (χ0v) is 11.7. The van der Waals surface area contributed by atoms with Crippen LogP contribution in [0.3, 0.4) is 0 Å². The van der Waals surface area contributed by atoms with Gasteiger partial charge in [0.15, 0.2) is 5.78 Å². The molecule has 0 aliphatic carbocycles. The average molecular weight is 282 g/mol. The molecule has 1 atom stereocenters. The summed E-state index contributed by atoms with van der Waals surface area (Å²) in [6.07, 6.45) is 1.15. The van der Waals surface area contributed by atoms with E-state index in [0.717, 1.165) is 0 Å². The molecule has 0 saturated carbocycles. The highest BCUT2D eigenvalue weighted by Gasteiger charge is 2.20. The molecule has 1 amide bonds. The Hall–Kier alpha value is -2.25. The van der Waals surface area contributed by atoms with Crippen molar-refractivity contribution in [1.29, 1.82) is 0 Å². The summed E-state index contributed by atoms with van der Waals surface area (Å²) < 4.78 is 1.24. The number of hydrogen-bond donors (Lipinski definition) is 2. The van der Waals surface area contributed by atoms with Crippen molar-refractivity contribution in [2.45, 2.75) is 39.8 Å². The Morgan fingerprint density at radius 3 is 2.55 bits per heavy atom. The summed E-state index contributed by atoms with van der Waals surface area (Å²) in [5, 5.41) is 18.5. The van der Waals surface area contributed by atoms with Crippen molar-refractivity contribution in [1.82, 2.24) is 20.3 Å². The number of Topliss-reactive ketones (excluding diaryl/α,β-unsaturated/α-hetero) is 1. The van der Waals surface area contributed by atoms with Crippen LogP contribution >= 0.6 is 0 Å². The number of aromatic nitrogens is 3. The fourth-order valence-corrected chi connectivity index (χ4v) is 1.76. The monoisotopic (exact) mass is 282 g/mol. The third kappa shape index (κ3) is 4.79. The van der Waals surface area contributed by atoms with Crippen molar-refractivity contribution in [3.8, 4) is 0 Å². The first kappa shape index (κ1) is 15.8. The van der Waals surface area contributed by atoms with E-state index in [2.05, 4.69) is 15.6 Å². The first-order chi connectivity index (χ1) is 9.29. The Morgan fingerprint density at radius 2 is 2.05 bits per heavy atom. The summed E-state index contributed by atoms with van der Waals surface area (Å²) in [5.74, 6) is -1.50. The molecule has 1 heterocycles. The van der Waals surface area contributed by atoms with Crippen molar-refractivity contribution >= 4 is 17.7 Å². The van der Waals surface area contributed by atoms with Crippen LogP contribution in [-0.4, -0.2) is 43.8 Å². The molecular weight excluding hydrogens is 264 g/mol. The van der Waals surface area contributed by atoms with Crippen LogP contribution in [0.15, 0.2) is 6.20 Å². The van der Waals surface area contributed by atoms with Crippen LogP contribution < -0.4 is 5.32 Å². The smallest absolute Gasteiger partial charge is 0.309 e. The third-order valence-electron chi connectivity index (χ3n) is 2.65. The number of nitrogens with one attached hydrogen (secondary N) is 1. The van der Waals surface area contributed by atoms with Crippen LogP contribution in [0.5, 0.6) is 0 Å². The number of carbonyl (C=O) groups excluding carboxylic acids is 2. The zero-order chi connectivity index (χ0) is 15.3. The molecule has 1 rings (SSSR count). The molecule has 110 valence electrons. The van der Waals surface area contributed by atoms with Crippen molar-refractivity contribution in [2.75, 3.05) is 0 Å². The van der Waals surface area contributed by atoms with Gasteiger partial charge in [0.2, 0.25) is 5.91 Å². The van der Waals surface area contributed by atoms with Crippen molar-refractivity contribution in [2.24, 2.45) is 5.92 Å². The van der Waals surface area contributed by atoms with E-state index in [4.69, 9.17) is 5.11 Å². The Balaban J connectivity index is 2.59. The van der Waals surface area contributed by atoms with Gasteiger partial charge in [0.1, 0.15) is 6.54 Å². The molecule has 0 aromatic carbocycles. The molecule has 8 nitrogen and oxygen atoms in total. The summed E-state index contributed by atoms with van der Waals surface area (Å²) in [5.41, 5.74) is 0.275. The van der Waals surface area contributed by atoms with Gasteiger partial charge in [-0.05, 0) is 12.8 Å². The summed E-state index contributed by atoms with van der Waals surface area (Å²) in [6, 6.07) is -0.537. The van der Waals surface area contributed by atoms with Gasteiger partial charge in [0.05, 0.1) is 18.2 Å². The second-order valence-corrected chi connectivity index (χ2v) is 4.88. The van der Waals surface area contributed by atoms with Crippen molar-refractivity contribution in [3.05, 3.63) is 11.9 Å². The van der Waals surface area contributed by atoms with Gasteiger partial charge >= 0.3 is 5.97 Å². The van der Waals surface area contributed by atoms with Crippen molar-refractivity contribution < 1.29 is 19.5 Å². The van der Waals surface area contributed by atoms with Gasteiger partial charge in [-0.15, -0.1) is 5.10 Å². The molecular formula is C12H18N4O4. The van der Waals surface area contributed by atoms with Gasteiger partial charge < -0.3 is 10.4 Å². The molecule has 1 aromatic heterocycles. The fourth-order valence-electron chi connectivity index (χ4n) is 1.76. The Morgan fingerprint density at radius 1 is 1.40 bits per heavy atom. The van der Waals surface area contributed by atoms with E-state index in [0.29, 0.717) is 0 Å². The number of ketones is 1. The SMILES string of the molecule is CC(=O)C(NC(=O)Cn1cc(CC(=O)O)nn1)C(C)C. The highest BCUT2D eigenvalue weighted by molar-refractivity contribution is 5.87. The molecule has 20 heavy (non-hydrogen) atoms. The Kier molecular flexibility index (Phi) is 5.36. The van der Waals surface area contributed by atoms with Gasteiger partial charge in [0.25, 0.3) is 0 Å². The molecule has 2 N–H and O–H groups in total. The lowest BCUT2D eigenvalue weighted by molar-refractivity contribution is -0.136. The van der Waals surface area contributed by atoms with Gasteiger partial charge in [-0.3, -0.25) is 14.4 Å². The predicted octanol–water partition coefficient (Wildman–Crippen LogP) is -0.365. The Labute approximate surface area is 116 Å². The van der Waals surface area contributed by atoms with Gasteiger partial charge in [-0.25, -0.2) is 4.68 Å². The average Bonchev–Trinajstić information content (AvgIpc) is 2.71. The van der Waals surface area contributed by atoms with Gasteiger partial charge in [-0.1, -0.05) is 19.1 Å². The highest BCUT2D eigenvalue weighted by atomic mass is 16.4. The van der Waals surface area contributed by atoms with E-state index in [1.807, 2.05) is 13.8 Å².